The van der Waals surface area contributed by atoms with Gasteiger partial charge in [-0.05, 0) is 38.2 Å². The smallest absolute Gasteiger partial charge is 0.213 e. The Labute approximate surface area is 133 Å². The first-order chi connectivity index (χ1) is 10.5. The molecule has 0 amide bonds. The first kappa shape index (κ1) is 15.6. The Kier molecular flexibility index (Phi) is 4.28. The maximum atomic E-state index is 12.1. The Morgan fingerprint density at radius 3 is 3.00 bits per heavy atom. The number of aromatic nitrogens is 3. The van der Waals surface area contributed by atoms with Crippen molar-refractivity contribution in [2.24, 2.45) is 0 Å². The molecule has 2 aromatic rings. The van der Waals surface area contributed by atoms with Crippen molar-refractivity contribution in [1.29, 1.82) is 0 Å². The number of hydrogen-bond acceptors (Lipinski definition) is 7. The predicted molar refractivity (Wildman–Crippen MR) is 83.2 cm³/mol. The summed E-state index contributed by atoms with van der Waals surface area (Å²) < 4.78 is 35.1. The summed E-state index contributed by atoms with van der Waals surface area (Å²) in [6.07, 6.45) is 1.73. The lowest BCUT2D eigenvalue weighted by atomic mass is 9.95. The molecule has 0 saturated carbocycles. The summed E-state index contributed by atoms with van der Waals surface area (Å²) in [6, 6.07) is 1.85. The fourth-order valence-corrected chi connectivity index (χ4v) is 4.58. The first-order valence-electron chi connectivity index (χ1n) is 7.25. The molecule has 1 saturated heterocycles. The van der Waals surface area contributed by atoms with E-state index in [2.05, 4.69) is 14.7 Å². The van der Waals surface area contributed by atoms with E-state index >= 15 is 0 Å². The summed E-state index contributed by atoms with van der Waals surface area (Å²) in [7, 11) is -3.17. The third kappa shape index (κ3) is 2.92. The molecule has 0 aliphatic carbocycles. The number of sulfonamides is 1. The van der Waals surface area contributed by atoms with E-state index in [1.54, 1.807) is 11.2 Å². The third-order valence-corrected chi connectivity index (χ3v) is 6.50. The maximum Gasteiger partial charge on any atom is 0.213 e. The molecule has 1 aliphatic rings. The number of nitrogens with zero attached hydrogens (tertiary/aromatic N) is 4. The topological polar surface area (TPSA) is 89.2 Å². The molecule has 3 rings (SSSR count). The Morgan fingerprint density at radius 2 is 2.32 bits per heavy atom. The second kappa shape index (κ2) is 6.05. The summed E-state index contributed by atoms with van der Waals surface area (Å²) in [5.74, 6) is 0.829. The summed E-state index contributed by atoms with van der Waals surface area (Å²) >= 11 is 1.26. The highest BCUT2D eigenvalue weighted by atomic mass is 32.2. The van der Waals surface area contributed by atoms with Crippen LogP contribution in [0.2, 0.25) is 0 Å². The van der Waals surface area contributed by atoms with Crippen LogP contribution in [0.1, 0.15) is 37.1 Å². The zero-order valence-corrected chi connectivity index (χ0v) is 14.2. The highest BCUT2D eigenvalue weighted by molar-refractivity contribution is 7.89. The molecule has 0 spiro atoms. The molecule has 7 nitrogen and oxygen atoms in total. The van der Waals surface area contributed by atoms with E-state index in [4.69, 9.17) is 4.52 Å². The quantitative estimate of drug-likeness (QED) is 0.844. The van der Waals surface area contributed by atoms with Gasteiger partial charge in [-0.1, -0.05) is 9.64 Å². The van der Waals surface area contributed by atoms with Gasteiger partial charge in [-0.2, -0.15) is 0 Å². The molecule has 1 atom stereocenters. The van der Waals surface area contributed by atoms with Crippen LogP contribution >= 0.6 is 11.5 Å². The number of aryl methyl sites for hydroxylation is 1. The first-order valence-corrected chi connectivity index (χ1v) is 9.63. The van der Waals surface area contributed by atoms with Crippen molar-refractivity contribution in [2.45, 2.75) is 32.6 Å². The van der Waals surface area contributed by atoms with E-state index in [0.717, 1.165) is 29.1 Å². The normalized spacial score (nSPS) is 20.4. The second-order valence-corrected chi connectivity index (χ2v) is 8.43. The van der Waals surface area contributed by atoms with Crippen LogP contribution in [0.5, 0.6) is 0 Å². The van der Waals surface area contributed by atoms with Crippen LogP contribution in [0.25, 0.3) is 10.6 Å². The molecule has 1 aliphatic heterocycles. The molecule has 22 heavy (non-hydrogen) atoms. The van der Waals surface area contributed by atoms with Crippen molar-refractivity contribution < 1.29 is 12.9 Å². The van der Waals surface area contributed by atoms with Crippen LogP contribution in [-0.4, -0.2) is 46.3 Å². The van der Waals surface area contributed by atoms with Crippen molar-refractivity contribution in [3.05, 3.63) is 17.5 Å². The van der Waals surface area contributed by atoms with E-state index in [9.17, 15) is 8.42 Å². The van der Waals surface area contributed by atoms with Crippen LogP contribution in [0.4, 0.5) is 0 Å². The van der Waals surface area contributed by atoms with Gasteiger partial charge in [0.05, 0.1) is 17.1 Å². The van der Waals surface area contributed by atoms with E-state index in [0.29, 0.717) is 18.8 Å². The summed E-state index contributed by atoms with van der Waals surface area (Å²) in [5, 5.41) is 8.12. The minimum absolute atomic E-state index is 0.0502. The Bertz CT molecular complexity index is 753. The Balaban J connectivity index is 1.87. The number of rotatable bonds is 4. The zero-order valence-electron chi connectivity index (χ0n) is 12.5. The molecule has 120 valence electrons. The van der Waals surface area contributed by atoms with Crippen LogP contribution in [-0.2, 0) is 10.0 Å². The van der Waals surface area contributed by atoms with E-state index in [1.165, 1.54) is 11.5 Å². The molecule has 0 N–H and O–H groups in total. The lowest BCUT2D eigenvalue weighted by Crippen LogP contribution is -2.40. The minimum atomic E-state index is -3.17. The van der Waals surface area contributed by atoms with Gasteiger partial charge in [0.2, 0.25) is 10.0 Å². The highest BCUT2D eigenvalue weighted by Gasteiger charge is 2.32. The molecule has 1 fully saturated rings. The molecule has 9 heteroatoms. The molecule has 0 aromatic carbocycles. The van der Waals surface area contributed by atoms with E-state index < -0.39 is 10.0 Å². The van der Waals surface area contributed by atoms with Gasteiger partial charge in [0.25, 0.3) is 0 Å². The average molecular weight is 342 g/mol. The van der Waals surface area contributed by atoms with Crippen molar-refractivity contribution in [2.75, 3.05) is 18.8 Å². The fourth-order valence-electron chi connectivity index (χ4n) is 2.71. The molecule has 0 radical (unpaired) electrons. The molecular formula is C13H18N4O3S2. The van der Waals surface area contributed by atoms with Gasteiger partial charge >= 0.3 is 0 Å². The van der Waals surface area contributed by atoms with Gasteiger partial charge < -0.3 is 4.52 Å². The second-order valence-electron chi connectivity index (χ2n) is 5.42. The van der Waals surface area contributed by atoms with Crippen LogP contribution < -0.4 is 0 Å². The molecule has 0 bridgehead atoms. The lowest BCUT2D eigenvalue weighted by molar-refractivity contribution is 0.313. The van der Waals surface area contributed by atoms with E-state index in [1.807, 2.05) is 13.0 Å². The Morgan fingerprint density at radius 1 is 1.50 bits per heavy atom. The van der Waals surface area contributed by atoms with Gasteiger partial charge in [-0.15, -0.1) is 5.10 Å². The SMILES string of the molecule is CCS(=O)(=O)N1CCC[C@@H](c2nnsc2-c2cc(C)no2)C1. The minimum Gasteiger partial charge on any atom is -0.355 e. The van der Waals surface area contributed by atoms with Crippen LogP contribution in [0, 0.1) is 6.92 Å². The van der Waals surface area contributed by atoms with Crippen molar-refractivity contribution in [3.8, 4) is 10.6 Å². The van der Waals surface area contributed by atoms with Gasteiger partial charge in [-0.3, -0.25) is 0 Å². The van der Waals surface area contributed by atoms with Gasteiger partial charge in [0.15, 0.2) is 5.76 Å². The largest absolute Gasteiger partial charge is 0.355 e. The monoisotopic (exact) mass is 342 g/mol. The summed E-state index contributed by atoms with van der Waals surface area (Å²) in [6.45, 7) is 4.58. The van der Waals surface area contributed by atoms with Crippen molar-refractivity contribution >= 4 is 21.6 Å². The van der Waals surface area contributed by atoms with Crippen LogP contribution in [0.15, 0.2) is 10.6 Å². The van der Waals surface area contributed by atoms with Gasteiger partial charge in [0.1, 0.15) is 4.88 Å². The fraction of sp³-hybridized carbons (Fsp3) is 0.615. The van der Waals surface area contributed by atoms with Gasteiger partial charge in [0, 0.05) is 25.1 Å². The van der Waals surface area contributed by atoms with Crippen LogP contribution in [0.3, 0.4) is 0 Å². The summed E-state index contributed by atoms with van der Waals surface area (Å²) in [5.41, 5.74) is 1.62. The molecular weight excluding hydrogens is 324 g/mol. The molecule has 0 unspecified atom stereocenters. The van der Waals surface area contributed by atoms with Crippen molar-refractivity contribution in [3.63, 3.8) is 0 Å². The van der Waals surface area contributed by atoms with Crippen molar-refractivity contribution in [1.82, 2.24) is 19.0 Å². The average Bonchev–Trinajstić information content (AvgIpc) is 3.15. The predicted octanol–water partition coefficient (Wildman–Crippen LogP) is 2.03. The van der Waals surface area contributed by atoms with E-state index in [-0.39, 0.29) is 11.7 Å². The maximum absolute atomic E-state index is 12.1. The number of hydrogen-bond donors (Lipinski definition) is 0. The number of piperidine rings is 1. The van der Waals surface area contributed by atoms with Gasteiger partial charge in [-0.25, -0.2) is 12.7 Å². The lowest BCUT2D eigenvalue weighted by Gasteiger charge is -2.30. The highest BCUT2D eigenvalue weighted by Crippen LogP contribution is 2.36. The third-order valence-electron chi connectivity index (χ3n) is 3.89. The summed E-state index contributed by atoms with van der Waals surface area (Å²) in [4.78, 5) is 0.848. The molecule has 3 heterocycles. The Hall–Kier alpha value is -1.32. The molecule has 2 aromatic heterocycles. The zero-order chi connectivity index (χ0) is 15.7. The standard InChI is InChI=1S/C13H18N4O3S2/c1-3-22(18,19)17-6-4-5-10(8-17)12-13(21-16-14-12)11-7-9(2)15-20-11/h7,10H,3-6,8H2,1-2H3/t10-/m1/s1.